The van der Waals surface area contributed by atoms with Crippen LogP contribution in [0.1, 0.15) is 36.2 Å². The molecule has 0 spiro atoms. The number of carbonyl (C=O) groups is 2. The van der Waals surface area contributed by atoms with Gasteiger partial charge >= 0.3 is 12.0 Å². The first-order valence-corrected chi connectivity index (χ1v) is 9.23. The fraction of sp³-hybridized carbons (Fsp3) is 0.474. The van der Waals surface area contributed by atoms with Crippen LogP contribution in [0.3, 0.4) is 0 Å². The molecule has 3 rings (SSSR count). The number of ether oxygens (including phenoxy) is 2. The Morgan fingerprint density at radius 2 is 2.14 bits per heavy atom. The highest BCUT2D eigenvalue weighted by Crippen LogP contribution is 2.30. The molecule has 1 saturated heterocycles. The summed E-state index contributed by atoms with van der Waals surface area (Å²) in [6, 6.07) is 9.28. The molecule has 0 bridgehead atoms. The number of urea groups is 1. The molecule has 2 amide bonds. The summed E-state index contributed by atoms with van der Waals surface area (Å²) >= 11 is 0. The zero-order chi connectivity index (χ0) is 19.8. The summed E-state index contributed by atoms with van der Waals surface area (Å²) in [5.74, 6) is 0.452. The van der Waals surface area contributed by atoms with Crippen molar-refractivity contribution >= 4 is 12.0 Å². The molecular weight excluding hydrogens is 364 g/mol. The highest BCUT2D eigenvalue weighted by molar-refractivity contribution is 5.81. The quantitative estimate of drug-likeness (QED) is 0.543. The monoisotopic (exact) mass is 388 g/mol. The van der Waals surface area contributed by atoms with Crippen molar-refractivity contribution in [1.29, 1.82) is 0 Å². The number of methoxy groups -OCH3 is 1. The summed E-state index contributed by atoms with van der Waals surface area (Å²) in [6.45, 7) is 1.39. The van der Waals surface area contributed by atoms with Gasteiger partial charge in [0, 0.05) is 13.0 Å². The van der Waals surface area contributed by atoms with Gasteiger partial charge in [-0.2, -0.15) is 4.98 Å². The van der Waals surface area contributed by atoms with E-state index < -0.39 is 5.97 Å². The molecule has 1 aromatic heterocycles. The van der Waals surface area contributed by atoms with Crippen molar-refractivity contribution in [1.82, 2.24) is 20.4 Å². The summed E-state index contributed by atoms with van der Waals surface area (Å²) in [5, 5.41) is 6.53. The van der Waals surface area contributed by atoms with Crippen molar-refractivity contribution in [3.63, 3.8) is 0 Å². The summed E-state index contributed by atoms with van der Waals surface area (Å²) in [5.41, 5.74) is 1.11. The number of benzene rings is 1. The summed E-state index contributed by atoms with van der Waals surface area (Å²) in [4.78, 5) is 29.5. The van der Waals surface area contributed by atoms with Gasteiger partial charge in [0.15, 0.2) is 5.82 Å². The maximum atomic E-state index is 12.3. The van der Waals surface area contributed by atoms with Crippen LogP contribution in [0.5, 0.6) is 0 Å². The molecule has 1 unspecified atom stereocenters. The molecule has 1 aliphatic heterocycles. The Morgan fingerprint density at radius 1 is 1.32 bits per heavy atom. The molecule has 9 heteroatoms. The van der Waals surface area contributed by atoms with Crippen molar-refractivity contribution in [3.05, 3.63) is 47.6 Å². The topological polar surface area (TPSA) is 107 Å². The molecule has 150 valence electrons. The molecule has 1 atom stereocenters. The van der Waals surface area contributed by atoms with Gasteiger partial charge in [-0.25, -0.2) is 4.79 Å². The van der Waals surface area contributed by atoms with Crippen LogP contribution in [0.4, 0.5) is 4.79 Å². The van der Waals surface area contributed by atoms with Gasteiger partial charge in [-0.05, 0) is 18.4 Å². The van der Waals surface area contributed by atoms with Crippen molar-refractivity contribution in [2.45, 2.75) is 31.9 Å². The molecule has 0 aliphatic carbocycles. The summed E-state index contributed by atoms with van der Waals surface area (Å²) in [6.07, 6.45) is 2.09. The standard InChI is InChI=1S/C19H24N4O5/c1-26-17(24)12-20-19(25)23-10-5-8-15(23)18-21-16(22-28-18)9-11-27-13-14-6-3-2-4-7-14/h2-4,6-7,15H,5,8-13H2,1H3,(H,20,25). The van der Waals surface area contributed by atoms with Gasteiger partial charge in [0.25, 0.3) is 0 Å². The lowest BCUT2D eigenvalue weighted by Gasteiger charge is -2.21. The lowest BCUT2D eigenvalue weighted by molar-refractivity contribution is -0.139. The number of likely N-dealkylation sites (tertiary alicyclic amines) is 1. The Balaban J connectivity index is 1.48. The molecule has 1 aliphatic rings. The highest BCUT2D eigenvalue weighted by Gasteiger charge is 2.34. The van der Waals surface area contributed by atoms with Gasteiger partial charge in [0.2, 0.25) is 5.89 Å². The first-order valence-electron chi connectivity index (χ1n) is 9.23. The van der Waals surface area contributed by atoms with Crippen LogP contribution in [0.25, 0.3) is 0 Å². The zero-order valence-corrected chi connectivity index (χ0v) is 15.8. The molecule has 9 nitrogen and oxygen atoms in total. The summed E-state index contributed by atoms with van der Waals surface area (Å²) in [7, 11) is 1.27. The molecule has 1 aromatic carbocycles. The number of hydrogen-bond acceptors (Lipinski definition) is 7. The summed E-state index contributed by atoms with van der Waals surface area (Å²) < 4.78 is 15.5. The third-order valence-electron chi connectivity index (χ3n) is 4.48. The number of esters is 1. The first-order chi connectivity index (χ1) is 13.7. The molecular formula is C19H24N4O5. The van der Waals surface area contributed by atoms with Gasteiger partial charge in [-0.15, -0.1) is 0 Å². The molecule has 0 radical (unpaired) electrons. The van der Waals surface area contributed by atoms with Crippen molar-refractivity contribution in [2.24, 2.45) is 0 Å². The van der Waals surface area contributed by atoms with Crippen molar-refractivity contribution in [3.8, 4) is 0 Å². The third kappa shape index (κ3) is 5.29. The maximum absolute atomic E-state index is 12.3. The Morgan fingerprint density at radius 3 is 2.93 bits per heavy atom. The van der Waals surface area contributed by atoms with Crippen LogP contribution in [-0.2, 0) is 27.3 Å². The number of rotatable bonds is 8. The SMILES string of the molecule is COC(=O)CNC(=O)N1CCCC1c1nc(CCOCc2ccccc2)no1. The van der Waals surface area contributed by atoms with Crippen LogP contribution in [0.2, 0.25) is 0 Å². The smallest absolute Gasteiger partial charge is 0.325 e. The normalized spacial score (nSPS) is 16.2. The predicted molar refractivity (Wildman–Crippen MR) is 98.2 cm³/mol. The van der Waals surface area contributed by atoms with Crippen LogP contribution in [0.15, 0.2) is 34.9 Å². The van der Waals surface area contributed by atoms with Crippen molar-refractivity contribution in [2.75, 3.05) is 26.8 Å². The number of carbonyl (C=O) groups excluding carboxylic acids is 2. The first kappa shape index (κ1) is 19.8. The average Bonchev–Trinajstić information content (AvgIpc) is 3.39. The van der Waals surface area contributed by atoms with E-state index in [1.807, 2.05) is 30.3 Å². The van der Waals surface area contributed by atoms with Crippen LogP contribution < -0.4 is 5.32 Å². The largest absolute Gasteiger partial charge is 0.468 e. The van der Waals surface area contributed by atoms with E-state index in [0.717, 1.165) is 18.4 Å². The van der Waals surface area contributed by atoms with E-state index in [9.17, 15) is 9.59 Å². The van der Waals surface area contributed by atoms with Gasteiger partial charge in [0.1, 0.15) is 12.6 Å². The highest BCUT2D eigenvalue weighted by atomic mass is 16.5. The van der Waals surface area contributed by atoms with E-state index in [2.05, 4.69) is 20.2 Å². The molecule has 2 aromatic rings. The molecule has 0 saturated carbocycles. The van der Waals surface area contributed by atoms with E-state index in [4.69, 9.17) is 9.26 Å². The zero-order valence-electron chi connectivity index (χ0n) is 15.8. The number of nitrogens with zero attached hydrogens (tertiary/aromatic N) is 3. The minimum absolute atomic E-state index is 0.174. The van der Waals surface area contributed by atoms with Gasteiger partial charge in [0.05, 0.1) is 20.3 Å². The average molecular weight is 388 g/mol. The Bertz CT molecular complexity index is 780. The van der Waals surface area contributed by atoms with Gasteiger partial charge < -0.3 is 24.2 Å². The fourth-order valence-electron chi connectivity index (χ4n) is 3.02. The second-order valence-corrected chi connectivity index (χ2v) is 6.42. The number of hydrogen-bond donors (Lipinski definition) is 1. The second kappa shape index (κ2) is 9.84. The Hall–Kier alpha value is -2.94. The van der Waals surface area contributed by atoms with E-state index in [1.54, 1.807) is 4.90 Å². The third-order valence-corrected chi connectivity index (χ3v) is 4.48. The lowest BCUT2D eigenvalue weighted by Crippen LogP contribution is -2.41. The van der Waals surface area contributed by atoms with E-state index in [1.165, 1.54) is 7.11 Å². The minimum Gasteiger partial charge on any atom is -0.468 e. The van der Waals surface area contributed by atoms with E-state index >= 15 is 0 Å². The van der Waals surface area contributed by atoms with Gasteiger partial charge in [-0.1, -0.05) is 35.5 Å². The van der Waals surface area contributed by atoms with Crippen molar-refractivity contribution < 1.29 is 23.6 Å². The maximum Gasteiger partial charge on any atom is 0.325 e. The Kier molecular flexibility index (Phi) is 6.96. The molecule has 2 heterocycles. The Labute approximate surface area is 163 Å². The lowest BCUT2D eigenvalue weighted by atomic mass is 10.2. The number of amides is 2. The molecule has 1 N–H and O–H groups in total. The fourth-order valence-corrected chi connectivity index (χ4v) is 3.02. The number of nitrogens with one attached hydrogen (secondary N) is 1. The molecule has 28 heavy (non-hydrogen) atoms. The van der Waals surface area contributed by atoms with E-state index in [-0.39, 0.29) is 18.6 Å². The molecule has 1 fully saturated rings. The van der Waals surface area contributed by atoms with Crippen LogP contribution >= 0.6 is 0 Å². The van der Waals surface area contributed by atoms with Gasteiger partial charge in [-0.3, -0.25) is 4.79 Å². The predicted octanol–water partition coefficient (Wildman–Crippen LogP) is 1.85. The second-order valence-electron chi connectivity index (χ2n) is 6.42. The number of aromatic nitrogens is 2. The van der Waals surface area contributed by atoms with Crippen LogP contribution in [-0.4, -0.2) is 53.8 Å². The van der Waals surface area contributed by atoms with E-state index in [0.29, 0.717) is 37.9 Å². The van der Waals surface area contributed by atoms with Crippen LogP contribution in [0, 0.1) is 0 Å². The minimum atomic E-state index is -0.500.